The Morgan fingerprint density at radius 1 is 1.19 bits per heavy atom. The van der Waals surface area contributed by atoms with Gasteiger partial charge in [0.05, 0.1) is 12.3 Å². The second-order valence-electron chi connectivity index (χ2n) is 3.52. The summed E-state index contributed by atoms with van der Waals surface area (Å²) in [7, 11) is 0. The van der Waals surface area contributed by atoms with Crippen LogP contribution in [0.3, 0.4) is 0 Å². The molecule has 16 heavy (non-hydrogen) atoms. The van der Waals surface area contributed by atoms with Gasteiger partial charge in [-0.25, -0.2) is 4.52 Å². The van der Waals surface area contributed by atoms with E-state index in [0.29, 0.717) is 5.65 Å². The number of aliphatic hydroxyl groups excluding tert-OH is 1. The summed E-state index contributed by atoms with van der Waals surface area (Å²) in [6.45, 7) is -0.0302. The molecule has 2 heterocycles. The van der Waals surface area contributed by atoms with Gasteiger partial charge in [-0.15, -0.1) is 10.2 Å². The van der Waals surface area contributed by atoms with E-state index in [1.54, 1.807) is 10.6 Å². The molecular formula is C11H10N4O. The van der Waals surface area contributed by atoms with E-state index in [0.717, 1.165) is 17.1 Å². The summed E-state index contributed by atoms with van der Waals surface area (Å²) in [4.78, 5) is 0. The molecule has 0 aliphatic rings. The lowest BCUT2D eigenvalue weighted by atomic mass is 10.2. The first kappa shape index (κ1) is 9.11. The van der Waals surface area contributed by atoms with Crippen LogP contribution in [0.1, 0.15) is 5.69 Å². The summed E-state index contributed by atoms with van der Waals surface area (Å²) in [5, 5.41) is 20.2. The largest absolute Gasteiger partial charge is 0.390 e. The highest BCUT2D eigenvalue weighted by Gasteiger charge is 2.09. The van der Waals surface area contributed by atoms with Gasteiger partial charge >= 0.3 is 0 Å². The Kier molecular flexibility index (Phi) is 1.97. The van der Waals surface area contributed by atoms with Crippen molar-refractivity contribution in [3.63, 3.8) is 0 Å². The van der Waals surface area contributed by atoms with E-state index in [1.165, 1.54) is 0 Å². The van der Waals surface area contributed by atoms with Gasteiger partial charge in [0.2, 0.25) is 0 Å². The number of aromatic amines is 1. The van der Waals surface area contributed by atoms with Gasteiger partial charge in [0.1, 0.15) is 0 Å². The summed E-state index contributed by atoms with van der Waals surface area (Å²) >= 11 is 0. The second-order valence-corrected chi connectivity index (χ2v) is 3.52. The molecule has 0 saturated carbocycles. The highest BCUT2D eigenvalue weighted by atomic mass is 16.3. The van der Waals surface area contributed by atoms with Gasteiger partial charge in [0.15, 0.2) is 11.5 Å². The fourth-order valence-electron chi connectivity index (χ4n) is 1.69. The number of hydrogen-bond donors (Lipinski definition) is 2. The average molecular weight is 214 g/mol. The Balaban J connectivity index is 2.20. The molecule has 0 aliphatic carbocycles. The fraction of sp³-hybridized carbons (Fsp3) is 0.0909. The molecule has 3 rings (SSSR count). The summed E-state index contributed by atoms with van der Waals surface area (Å²) in [5.74, 6) is 0.746. The molecule has 5 heteroatoms. The number of nitrogens with one attached hydrogen (secondary N) is 1. The summed E-state index contributed by atoms with van der Waals surface area (Å²) in [6.07, 6.45) is 0. The van der Waals surface area contributed by atoms with Gasteiger partial charge in [-0.1, -0.05) is 30.3 Å². The van der Waals surface area contributed by atoms with Crippen molar-refractivity contribution in [1.29, 1.82) is 0 Å². The van der Waals surface area contributed by atoms with Crippen LogP contribution in [0.2, 0.25) is 0 Å². The van der Waals surface area contributed by atoms with Crippen molar-refractivity contribution in [1.82, 2.24) is 19.8 Å². The lowest BCUT2D eigenvalue weighted by Crippen LogP contribution is -1.92. The third kappa shape index (κ3) is 1.30. The van der Waals surface area contributed by atoms with E-state index in [9.17, 15) is 0 Å². The number of fused-ring (bicyclic) bond motifs is 1. The first-order chi connectivity index (χ1) is 7.88. The van der Waals surface area contributed by atoms with Crippen LogP contribution in [-0.2, 0) is 6.61 Å². The Bertz CT molecular complexity index is 611. The molecule has 2 aromatic heterocycles. The number of H-pyrrole nitrogens is 1. The van der Waals surface area contributed by atoms with Crippen LogP contribution < -0.4 is 0 Å². The zero-order valence-electron chi connectivity index (χ0n) is 8.46. The number of benzene rings is 1. The lowest BCUT2D eigenvalue weighted by Gasteiger charge is -1.96. The molecule has 0 fully saturated rings. The molecule has 2 N–H and O–H groups in total. The van der Waals surface area contributed by atoms with E-state index >= 15 is 0 Å². The highest BCUT2D eigenvalue weighted by Crippen LogP contribution is 2.17. The van der Waals surface area contributed by atoms with E-state index in [1.807, 2.05) is 30.3 Å². The Labute approximate surface area is 91.4 Å². The van der Waals surface area contributed by atoms with Crippen LogP contribution in [0.4, 0.5) is 0 Å². The zero-order chi connectivity index (χ0) is 11.0. The Hall–Kier alpha value is -2.14. The van der Waals surface area contributed by atoms with E-state index in [4.69, 9.17) is 5.11 Å². The average Bonchev–Trinajstić information content (AvgIpc) is 2.88. The molecular weight excluding hydrogens is 204 g/mol. The van der Waals surface area contributed by atoms with Crippen LogP contribution in [0.5, 0.6) is 0 Å². The van der Waals surface area contributed by atoms with Crippen molar-refractivity contribution >= 4 is 5.65 Å². The topological polar surface area (TPSA) is 66.2 Å². The van der Waals surface area contributed by atoms with Crippen molar-refractivity contribution in [3.8, 4) is 11.4 Å². The quantitative estimate of drug-likeness (QED) is 0.674. The first-order valence-corrected chi connectivity index (χ1v) is 4.98. The molecule has 0 atom stereocenters. The SMILES string of the molecule is OCc1cc2nnc(-c3ccccc3)n2[nH]1. The molecule has 0 unspecified atom stereocenters. The predicted octanol–water partition coefficient (Wildman–Crippen LogP) is 1.22. The zero-order valence-corrected chi connectivity index (χ0v) is 8.46. The van der Waals surface area contributed by atoms with Crippen molar-refractivity contribution in [2.75, 3.05) is 0 Å². The fourth-order valence-corrected chi connectivity index (χ4v) is 1.69. The van der Waals surface area contributed by atoms with Gasteiger partial charge in [-0.3, -0.25) is 5.10 Å². The Morgan fingerprint density at radius 2 is 2.00 bits per heavy atom. The van der Waals surface area contributed by atoms with E-state index in [2.05, 4.69) is 15.3 Å². The smallest absolute Gasteiger partial charge is 0.183 e. The van der Waals surface area contributed by atoms with Gasteiger partial charge in [-0.05, 0) is 0 Å². The van der Waals surface area contributed by atoms with Crippen LogP contribution in [0.15, 0.2) is 36.4 Å². The minimum atomic E-state index is -0.0302. The predicted molar refractivity (Wildman–Crippen MR) is 58.7 cm³/mol. The molecule has 5 nitrogen and oxygen atoms in total. The summed E-state index contributed by atoms with van der Waals surface area (Å²) in [6, 6.07) is 11.6. The maximum atomic E-state index is 9.03. The van der Waals surface area contributed by atoms with E-state index in [-0.39, 0.29) is 6.61 Å². The van der Waals surface area contributed by atoms with Gasteiger partial charge in [-0.2, -0.15) is 0 Å². The molecule has 0 bridgehead atoms. The van der Waals surface area contributed by atoms with Gasteiger partial charge < -0.3 is 5.11 Å². The molecule has 0 amide bonds. The van der Waals surface area contributed by atoms with Crippen molar-refractivity contribution in [3.05, 3.63) is 42.1 Å². The van der Waals surface area contributed by atoms with Crippen molar-refractivity contribution in [2.45, 2.75) is 6.61 Å². The number of aromatic nitrogens is 4. The molecule has 0 aliphatic heterocycles. The van der Waals surface area contributed by atoms with Gasteiger partial charge in [0.25, 0.3) is 0 Å². The minimum Gasteiger partial charge on any atom is -0.390 e. The third-order valence-electron chi connectivity index (χ3n) is 2.45. The van der Waals surface area contributed by atoms with Crippen molar-refractivity contribution < 1.29 is 5.11 Å². The van der Waals surface area contributed by atoms with Gasteiger partial charge in [0, 0.05) is 11.6 Å². The molecule has 80 valence electrons. The molecule has 0 radical (unpaired) electrons. The molecule has 1 aromatic carbocycles. The number of nitrogens with zero attached hydrogens (tertiary/aromatic N) is 3. The number of aliphatic hydroxyl groups is 1. The minimum absolute atomic E-state index is 0.0302. The van der Waals surface area contributed by atoms with Crippen LogP contribution in [0, 0.1) is 0 Å². The standard InChI is InChI=1S/C11H10N4O/c16-7-9-6-10-12-13-11(15(10)14-9)8-4-2-1-3-5-8/h1-6,14,16H,7H2. The highest BCUT2D eigenvalue weighted by molar-refractivity contribution is 5.58. The summed E-state index contributed by atoms with van der Waals surface area (Å²) < 4.78 is 1.76. The Morgan fingerprint density at radius 3 is 2.75 bits per heavy atom. The maximum Gasteiger partial charge on any atom is 0.183 e. The molecule has 0 saturated heterocycles. The number of hydrogen-bond acceptors (Lipinski definition) is 3. The number of rotatable bonds is 2. The van der Waals surface area contributed by atoms with E-state index < -0.39 is 0 Å². The normalized spacial score (nSPS) is 11.1. The van der Waals surface area contributed by atoms with Crippen LogP contribution in [-0.4, -0.2) is 24.9 Å². The van der Waals surface area contributed by atoms with Crippen LogP contribution >= 0.6 is 0 Å². The monoisotopic (exact) mass is 214 g/mol. The van der Waals surface area contributed by atoms with Crippen molar-refractivity contribution in [2.24, 2.45) is 0 Å². The second kappa shape index (κ2) is 3.46. The first-order valence-electron chi connectivity index (χ1n) is 4.98. The summed E-state index contributed by atoms with van der Waals surface area (Å²) in [5.41, 5.74) is 2.42. The van der Waals surface area contributed by atoms with Crippen LogP contribution in [0.25, 0.3) is 17.0 Å². The maximum absolute atomic E-state index is 9.03. The molecule has 3 aromatic rings. The third-order valence-corrected chi connectivity index (χ3v) is 2.45. The molecule has 0 spiro atoms. The lowest BCUT2D eigenvalue weighted by molar-refractivity contribution is 0.276.